The number of carboxylic acid groups (broad SMARTS) is 1. The first kappa shape index (κ1) is 30.5. The van der Waals surface area contributed by atoms with Crippen LogP contribution in [0.5, 0.6) is 5.75 Å². The number of aliphatic hydroxyl groups excluding tert-OH is 1. The first-order valence-corrected chi connectivity index (χ1v) is 14.7. The lowest BCUT2D eigenvalue weighted by molar-refractivity contribution is -0.146. The Morgan fingerprint density at radius 3 is 2.41 bits per heavy atom. The van der Waals surface area contributed by atoms with E-state index in [1.807, 2.05) is 24.3 Å². The maximum atomic E-state index is 14.1. The number of aromatic nitrogens is 2. The third-order valence-electron chi connectivity index (χ3n) is 8.17. The molecule has 0 aliphatic heterocycles. The van der Waals surface area contributed by atoms with Gasteiger partial charge in [-0.3, -0.25) is 9.36 Å². The number of methoxy groups -OCH3 is 1. The zero-order chi connectivity index (χ0) is 30.1. The fraction of sp³-hybridized carbons (Fsp3) is 0.533. The van der Waals surface area contributed by atoms with Crippen LogP contribution in [0.4, 0.5) is 0 Å². The minimum Gasteiger partial charge on any atom is -0.496 e. The van der Waals surface area contributed by atoms with Crippen molar-refractivity contribution in [3.63, 3.8) is 0 Å². The zero-order valence-electron chi connectivity index (χ0n) is 24.1. The molecule has 10 nitrogen and oxygen atoms in total. The molecule has 0 saturated heterocycles. The van der Waals surface area contributed by atoms with Crippen molar-refractivity contribution in [3.05, 3.63) is 61.1 Å². The molecule has 1 saturated carbocycles. The zero-order valence-corrected chi connectivity index (χ0v) is 25.0. The fourth-order valence-corrected chi connectivity index (χ4v) is 6.99. The first-order valence-electron chi connectivity index (χ1n) is 13.9. The lowest BCUT2D eigenvalue weighted by Gasteiger charge is -2.30. The van der Waals surface area contributed by atoms with Crippen molar-refractivity contribution in [2.75, 3.05) is 13.7 Å². The van der Waals surface area contributed by atoms with E-state index in [9.17, 15) is 29.4 Å². The standard InChI is InChI=1S/C30H38N2O8S/c1-6-40-27(35)24-17(2)23-25(34)32(30(3,4)28(36)37)29(38)31(26(23)41-24)16-19(15-18-11-13-20(33)14-12-18)21-9-7-8-10-22(21)39-5/h7-10,18-20,33H,6,11-16H2,1-5H3,(H,36,37)/t18?,19-,20?/m0/s1. The minimum absolute atomic E-state index is 0.131. The van der Waals surface area contributed by atoms with Gasteiger partial charge < -0.3 is 19.7 Å². The summed E-state index contributed by atoms with van der Waals surface area (Å²) in [5, 5.41) is 20.2. The second kappa shape index (κ2) is 12.2. The smallest absolute Gasteiger partial charge is 0.348 e. The highest BCUT2D eigenvalue weighted by molar-refractivity contribution is 7.20. The van der Waals surface area contributed by atoms with Gasteiger partial charge in [-0.25, -0.2) is 19.0 Å². The van der Waals surface area contributed by atoms with Crippen LogP contribution in [0.3, 0.4) is 0 Å². The molecule has 2 aromatic heterocycles. The number of para-hydroxylation sites is 1. The molecule has 0 radical (unpaired) electrons. The summed E-state index contributed by atoms with van der Waals surface area (Å²) >= 11 is 1.01. The molecule has 4 rings (SSSR count). The third-order valence-corrected chi connectivity index (χ3v) is 9.47. The van der Waals surface area contributed by atoms with Crippen molar-refractivity contribution in [2.45, 2.75) is 83.9 Å². The summed E-state index contributed by atoms with van der Waals surface area (Å²) in [6, 6.07) is 7.57. The molecule has 2 N–H and O–H groups in total. The van der Waals surface area contributed by atoms with Crippen LogP contribution in [-0.4, -0.2) is 51.1 Å². The van der Waals surface area contributed by atoms with E-state index >= 15 is 0 Å². The predicted octanol–water partition coefficient (Wildman–Crippen LogP) is 4.26. The average Bonchev–Trinajstić information content (AvgIpc) is 3.28. The van der Waals surface area contributed by atoms with E-state index in [4.69, 9.17) is 9.47 Å². The Morgan fingerprint density at radius 1 is 1.15 bits per heavy atom. The molecule has 1 fully saturated rings. The number of benzene rings is 1. The van der Waals surface area contributed by atoms with Crippen molar-refractivity contribution >= 4 is 33.5 Å². The molecule has 1 aromatic carbocycles. The maximum Gasteiger partial charge on any atom is 0.348 e. The topological polar surface area (TPSA) is 137 Å². The fourth-order valence-electron chi connectivity index (χ4n) is 5.79. The van der Waals surface area contributed by atoms with E-state index in [1.165, 1.54) is 18.4 Å². The Balaban J connectivity index is 1.97. The van der Waals surface area contributed by atoms with Gasteiger partial charge in [0.15, 0.2) is 0 Å². The molecular formula is C30H38N2O8S. The summed E-state index contributed by atoms with van der Waals surface area (Å²) in [5.74, 6) is -1.22. The monoisotopic (exact) mass is 586 g/mol. The Bertz CT molecular complexity index is 1560. The summed E-state index contributed by atoms with van der Waals surface area (Å²) in [4.78, 5) is 53.5. The number of aliphatic hydroxyl groups is 1. The third kappa shape index (κ3) is 5.83. The number of nitrogens with zero attached hydrogens (tertiary/aromatic N) is 2. The molecule has 3 aromatic rings. The van der Waals surface area contributed by atoms with Gasteiger partial charge in [0.2, 0.25) is 0 Å². The number of carbonyl (C=O) groups excluding carboxylic acids is 1. The van der Waals surface area contributed by atoms with E-state index < -0.39 is 28.7 Å². The van der Waals surface area contributed by atoms with Gasteiger partial charge in [-0.05, 0) is 82.9 Å². The summed E-state index contributed by atoms with van der Waals surface area (Å²) < 4.78 is 13.1. The van der Waals surface area contributed by atoms with Gasteiger partial charge >= 0.3 is 17.6 Å². The SMILES string of the molecule is CCOC(=O)c1sc2c(c1C)c(=O)n(C(C)(C)C(=O)O)c(=O)n2C[C@H](CC1CCC(O)CC1)c1ccccc1OC. The highest BCUT2D eigenvalue weighted by Crippen LogP contribution is 2.38. The number of aliphatic carboxylic acids is 1. The molecule has 1 aliphatic rings. The molecule has 1 atom stereocenters. The number of rotatable bonds is 10. The molecule has 222 valence electrons. The van der Waals surface area contributed by atoms with Crippen LogP contribution in [0, 0.1) is 12.8 Å². The number of fused-ring (bicyclic) bond motifs is 1. The van der Waals surface area contributed by atoms with E-state index in [2.05, 4.69) is 0 Å². The van der Waals surface area contributed by atoms with Gasteiger partial charge in [-0.2, -0.15) is 0 Å². The quantitative estimate of drug-likeness (QED) is 0.336. The number of carbonyl (C=O) groups is 2. The number of hydrogen-bond donors (Lipinski definition) is 2. The van der Waals surface area contributed by atoms with Crippen LogP contribution < -0.4 is 16.0 Å². The summed E-state index contributed by atoms with van der Waals surface area (Å²) in [7, 11) is 1.58. The van der Waals surface area contributed by atoms with Gasteiger partial charge in [-0.1, -0.05) is 18.2 Å². The van der Waals surface area contributed by atoms with Gasteiger partial charge in [-0.15, -0.1) is 11.3 Å². The molecule has 2 heterocycles. The molecule has 11 heteroatoms. The largest absolute Gasteiger partial charge is 0.496 e. The van der Waals surface area contributed by atoms with Crippen molar-refractivity contribution < 1.29 is 29.3 Å². The Labute approximate surface area is 242 Å². The summed E-state index contributed by atoms with van der Waals surface area (Å²) in [6.07, 6.45) is 3.48. The van der Waals surface area contributed by atoms with Crippen LogP contribution in [0.2, 0.25) is 0 Å². The molecule has 0 spiro atoms. The number of carboxylic acids is 1. The normalized spacial score (nSPS) is 18.3. The van der Waals surface area contributed by atoms with E-state index in [1.54, 1.807) is 21.0 Å². The maximum absolute atomic E-state index is 14.1. The van der Waals surface area contributed by atoms with E-state index in [0.717, 1.165) is 34.3 Å². The second-order valence-corrected chi connectivity index (χ2v) is 12.2. The van der Waals surface area contributed by atoms with Gasteiger partial charge in [0.05, 0.1) is 25.2 Å². The highest BCUT2D eigenvalue weighted by atomic mass is 32.1. The average molecular weight is 587 g/mol. The second-order valence-electron chi connectivity index (χ2n) is 11.2. The number of ether oxygens (including phenoxy) is 2. The lowest BCUT2D eigenvalue weighted by atomic mass is 9.79. The Kier molecular flexibility index (Phi) is 9.08. The van der Waals surface area contributed by atoms with Crippen LogP contribution in [0.15, 0.2) is 33.9 Å². The summed E-state index contributed by atoms with van der Waals surface area (Å²) in [5.41, 5.74) is -2.12. The first-order chi connectivity index (χ1) is 19.4. The number of esters is 1. The molecular weight excluding hydrogens is 548 g/mol. The van der Waals surface area contributed by atoms with Crippen LogP contribution in [0.1, 0.15) is 79.6 Å². The molecule has 41 heavy (non-hydrogen) atoms. The Morgan fingerprint density at radius 2 is 1.80 bits per heavy atom. The molecule has 0 amide bonds. The molecule has 0 bridgehead atoms. The number of thiophene rings is 1. The van der Waals surface area contributed by atoms with Gasteiger partial charge in [0.1, 0.15) is 21.0 Å². The van der Waals surface area contributed by atoms with Crippen molar-refractivity contribution in [3.8, 4) is 5.75 Å². The van der Waals surface area contributed by atoms with Crippen LogP contribution >= 0.6 is 11.3 Å². The molecule has 0 unspecified atom stereocenters. The minimum atomic E-state index is -1.85. The predicted molar refractivity (Wildman–Crippen MR) is 156 cm³/mol. The van der Waals surface area contributed by atoms with Crippen LogP contribution in [-0.2, 0) is 21.6 Å². The number of aryl methyl sites for hydroxylation is 1. The van der Waals surface area contributed by atoms with Crippen LogP contribution in [0.25, 0.3) is 10.2 Å². The Hall–Kier alpha value is -3.44. The van der Waals surface area contributed by atoms with E-state index in [-0.39, 0.29) is 35.4 Å². The van der Waals surface area contributed by atoms with Crippen molar-refractivity contribution in [1.82, 2.24) is 9.13 Å². The summed E-state index contributed by atoms with van der Waals surface area (Å²) in [6.45, 7) is 6.19. The van der Waals surface area contributed by atoms with E-state index in [0.29, 0.717) is 41.3 Å². The van der Waals surface area contributed by atoms with Crippen molar-refractivity contribution in [2.24, 2.45) is 5.92 Å². The number of hydrogen-bond acceptors (Lipinski definition) is 8. The lowest BCUT2D eigenvalue weighted by Crippen LogP contribution is -2.52. The highest BCUT2D eigenvalue weighted by Gasteiger charge is 2.36. The van der Waals surface area contributed by atoms with Gasteiger partial charge in [0.25, 0.3) is 5.56 Å². The van der Waals surface area contributed by atoms with Crippen molar-refractivity contribution in [1.29, 1.82) is 0 Å². The molecule has 1 aliphatic carbocycles. The van der Waals surface area contributed by atoms with Gasteiger partial charge in [0, 0.05) is 12.5 Å².